The van der Waals surface area contributed by atoms with E-state index < -0.39 is 11.6 Å². The van der Waals surface area contributed by atoms with Crippen LogP contribution in [0.15, 0.2) is 35.1 Å². The number of benzene rings is 1. The zero-order valence-corrected chi connectivity index (χ0v) is 25.3. The Bertz CT molecular complexity index is 1270. The van der Waals surface area contributed by atoms with Crippen LogP contribution in [0.5, 0.6) is 0 Å². The van der Waals surface area contributed by atoms with Crippen LogP contribution in [0.1, 0.15) is 78.7 Å². The number of fused-ring (bicyclic) bond motifs is 1. The van der Waals surface area contributed by atoms with E-state index in [1.54, 1.807) is 16.5 Å². The molecule has 2 aliphatic rings. The normalized spacial score (nSPS) is 19.6. The van der Waals surface area contributed by atoms with Gasteiger partial charge in [-0.05, 0) is 56.0 Å². The Morgan fingerprint density at radius 2 is 1.70 bits per heavy atom. The summed E-state index contributed by atoms with van der Waals surface area (Å²) in [6.45, 7) is 13.4. The van der Waals surface area contributed by atoms with E-state index in [1.165, 1.54) is 6.42 Å². The van der Waals surface area contributed by atoms with Crippen LogP contribution in [-0.2, 0) is 18.4 Å². The minimum absolute atomic E-state index is 0.00159. The standard InChI is InChI=1S/C32H48N4O4/c1-31(2,3)27-22-34(18-19-35(27)30(39)40)17-16-32(4,5)36(29(38)23-12-8-7-9-13-23)21-25-20-24-14-10-11-15-26(24)33(6)28(25)37/h10-11,14-15,20,23,27H,7-9,12-13,16-19,21-22H2,1-6H3,(H,39,40). The van der Waals surface area contributed by atoms with E-state index in [4.69, 9.17) is 0 Å². The topological polar surface area (TPSA) is 86.1 Å². The molecule has 8 nitrogen and oxygen atoms in total. The maximum absolute atomic E-state index is 14.1. The number of piperazine rings is 1. The first-order valence-corrected chi connectivity index (χ1v) is 14.9. The number of carbonyl (C=O) groups is 2. The lowest BCUT2D eigenvalue weighted by Crippen LogP contribution is -2.60. The van der Waals surface area contributed by atoms with Gasteiger partial charge in [0.2, 0.25) is 5.91 Å². The van der Waals surface area contributed by atoms with Crippen molar-refractivity contribution in [2.45, 2.75) is 91.3 Å². The summed E-state index contributed by atoms with van der Waals surface area (Å²) < 4.78 is 1.69. The molecule has 1 atom stereocenters. The van der Waals surface area contributed by atoms with Crippen molar-refractivity contribution in [1.29, 1.82) is 0 Å². The van der Waals surface area contributed by atoms with Gasteiger partial charge in [-0.25, -0.2) is 4.79 Å². The number of rotatable bonds is 7. The van der Waals surface area contributed by atoms with Crippen molar-refractivity contribution in [2.24, 2.45) is 18.4 Å². The summed E-state index contributed by atoms with van der Waals surface area (Å²) in [6.07, 6.45) is 5.02. The number of para-hydroxylation sites is 1. The molecule has 4 rings (SSSR count). The van der Waals surface area contributed by atoms with E-state index in [0.29, 0.717) is 25.2 Å². The second kappa shape index (κ2) is 11.9. The molecule has 8 heteroatoms. The molecule has 1 unspecified atom stereocenters. The van der Waals surface area contributed by atoms with Gasteiger partial charge in [-0.1, -0.05) is 58.2 Å². The molecule has 0 spiro atoms. The number of aryl methyl sites for hydroxylation is 1. The predicted octanol–water partition coefficient (Wildman–Crippen LogP) is 5.33. The van der Waals surface area contributed by atoms with E-state index in [2.05, 4.69) is 39.5 Å². The first kappa shape index (κ1) is 30.1. The third-order valence-corrected chi connectivity index (χ3v) is 9.24. The molecule has 2 fully saturated rings. The highest BCUT2D eigenvalue weighted by atomic mass is 16.4. The fourth-order valence-corrected chi connectivity index (χ4v) is 6.51. The summed E-state index contributed by atoms with van der Waals surface area (Å²) >= 11 is 0. The summed E-state index contributed by atoms with van der Waals surface area (Å²) in [5.74, 6) is 0.157. The maximum Gasteiger partial charge on any atom is 0.407 e. The Hall–Kier alpha value is -2.87. The monoisotopic (exact) mass is 552 g/mol. The zero-order valence-electron chi connectivity index (χ0n) is 25.3. The SMILES string of the molecule is Cn1c(=O)c(CN(C(=O)C2CCCCC2)C(C)(C)CCN2CCN(C(=O)O)C(C(C)(C)C)C2)cc2ccccc21. The molecule has 1 aromatic carbocycles. The molecule has 1 N–H and O–H groups in total. The number of carboxylic acid groups (broad SMARTS) is 1. The van der Waals surface area contributed by atoms with Crippen molar-refractivity contribution in [2.75, 3.05) is 26.2 Å². The molecule has 0 radical (unpaired) electrons. The summed E-state index contributed by atoms with van der Waals surface area (Å²) in [4.78, 5) is 45.3. The molecule has 2 amide bonds. The third-order valence-electron chi connectivity index (χ3n) is 9.24. The van der Waals surface area contributed by atoms with Gasteiger partial charge < -0.3 is 19.5 Å². The van der Waals surface area contributed by atoms with Gasteiger partial charge in [-0.3, -0.25) is 14.5 Å². The summed E-state index contributed by atoms with van der Waals surface area (Å²) in [7, 11) is 1.80. The van der Waals surface area contributed by atoms with Crippen molar-refractivity contribution in [3.05, 3.63) is 46.2 Å². The third kappa shape index (κ3) is 6.54. The van der Waals surface area contributed by atoms with Crippen LogP contribution in [0, 0.1) is 11.3 Å². The molecule has 40 heavy (non-hydrogen) atoms. The first-order chi connectivity index (χ1) is 18.8. The number of pyridine rings is 1. The molecule has 1 saturated heterocycles. The van der Waals surface area contributed by atoms with Crippen molar-refractivity contribution in [3.8, 4) is 0 Å². The molecule has 2 aromatic rings. The van der Waals surface area contributed by atoms with Gasteiger partial charge in [0.05, 0.1) is 18.1 Å². The van der Waals surface area contributed by atoms with Gasteiger partial charge in [0, 0.05) is 50.2 Å². The van der Waals surface area contributed by atoms with E-state index in [-0.39, 0.29) is 35.4 Å². The molecular formula is C32H48N4O4. The van der Waals surface area contributed by atoms with Crippen molar-refractivity contribution >= 4 is 22.9 Å². The second-order valence-corrected chi connectivity index (χ2v) is 13.6. The van der Waals surface area contributed by atoms with Crippen molar-refractivity contribution < 1.29 is 14.7 Å². The molecular weight excluding hydrogens is 504 g/mol. The second-order valence-electron chi connectivity index (χ2n) is 13.6. The highest BCUT2D eigenvalue weighted by Crippen LogP contribution is 2.32. The average molecular weight is 553 g/mol. The molecule has 1 aliphatic heterocycles. The van der Waals surface area contributed by atoms with Crippen LogP contribution in [0.2, 0.25) is 0 Å². The Labute approximate surface area is 238 Å². The molecule has 2 heterocycles. The smallest absolute Gasteiger partial charge is 0.407 e. The summed E-state index contributed by atoms with van der Waals surface area (Å²) in [6, 6.07) is 9.73. The Balaban J connectivity index is 1.58. The Morgan fingerprint density at radius 3 is 2.35 bits per heavy atom. The number of amides is 2. The van der Waals surface area contributed by atoms with Crippen molar-refractivity contribution in [3.63, 3.8) is 0 Å². The fourth-order valence-electron chi connectivity index (χ4n) is 6.51. The summed E-state index contributed by atoms with van der Waals surface area (Å²) in [5, 5.41) is 10.8. The molecule has 1 aliphatic carbocycles. The number of hydrogen-bond donors (Lipinski definition) is 1. The number of hydrogen-bond acceptors (Lipinski definition) is 4. The molecule has 0 bridgehead atoms. The largest absolute Gasteiger partial charge is 0.465 e. The molecule has 1 saturated carbocycles. The average Bonchev–Trinajstić information content (AvgIpc) is 2.92. The van der Waals surface area contributed by atoms with E-state index >= 15 is 0 Å². The lowest BCUT2D eigenvalue weighted by molar-refractivity contribution is -0.143. The van der Waals surface area contributed by atoms with E-state index in [1.807, 2.05) is 35.2 Å². The zero-order chi connectivity index (χ0) is 29.2. The lowest BCUT2D eigenvalue weighted by atomic mass is 9.84. The first-order valence-electron chi connectivity index (χ1n) is 14.9. The quantitative estimate of drug-likeness (QED) is 0.502. The number of aromatic nitrogens is 1. The van der Waals surface area contributed by atoms with Crippen LogP contribution in [0.3, 0.4) is 0 Å². The molecule has 220 valence electrons. The minimum Gasteiger partial charge on any atom is -0.465 e. The number of nitrogens with zero attached hydrogens (tertiary/aromatic N) is 4. The predicted molar refractivity (Wildman–Crippen MR) is 159 cm³/mol. The van der Waals surface area contributed by atoms with E-state index in [0.717, 1.165) is 49.6 Å². The fraction of sp³-hybridized carbons (Fsp3) is 0.656. The van der Waals surface area contributed by atoms with Crippen LogP contribution in [0.4, 0.5) is 4.79 Å². The van der Waals surface area contributed by atoms with E-state index in [9.17, 15) is 19.5 Å². The highest BCUT2D eigenvalue weighted by molar-refractivity contribution is 5.81. The van der Waals surface area contributed by atoms with Gasteiger partial charge in [0.1, 0.15) is 0 Å². The van der Waals surface area contributed by atoms with Gasteiger partial charge >= 0.3 is 6.09 Å². The Kier molecular flexibility index (Phi) is 8.98. The van der Waals surface area contributed by atoms with Crippen molar-refractivity contribution in [1.82, 2.24) is 19.3 Å². The van der Waals surface area contributed by atoms with Crippen LogP contribution in [0.25, 0.3) is 10.9 Å². The van der Waals surface area contributed by atoms with Gasteiger partial charge in [-0.2, -0.15) is 0 Å². The highest BCUT2D eigenvalue weighted by Gasteiger charge is 2.40. The Morgan fingerprint density at radius 1 is 1.02 bits per heavy atom. The lowest BCUT2D eigenvalue weighted by Gasteiger charge is -2.47. The van der Waals surface area contributed by atoms with Gasteiger partial charge in [0.25, 0.3) is 5.56 Å². The van der Waals surface area contributed by atoms with Gasteiger partial charge in [0.15, 0.2) is 0 Å². The maximum atomic E-state index is 14.1. The van der Waals surface area contributed by atoms with Crippen LogP contribution < -0.4 is 5.56 Å². The molecule has 1 aromatic heterocycles. The van der Waals surface area contributed by atoms with Gasteiger partial charge in [-0.15, -0.1) is 0 Å². The van der Waals surface area contributed by atoms with Crippen LogP contribution in [-0.4, -0.2) is 74.1 Å². The van der Waals surface area contributed by atoms with Crippen LogP contribution >= 0.6 is 0 Å². The minimum atomic E-state index is -0.860. The summed E-state index contributed by atoms with van der Waals surface area (Å²) in [5.41, 5.74) is 0.808. The number of carbonyl (C=O) groups excluding carboxylic acids is 1.